The summed E-state index contributed by atoms with van der Waals surface area (Å²) >= 11 is 7.01. The lowest BCUT2D eigenvalue weighted by Crippen LogP contribution is -2.42. The molecule has 0 aromatic carbocycles. The number of hydrogen-bond acceptors (Lipinski definition) is 4. The van der Waals surface area contributed by atoms with E-state index in [4.69, 9.17) is 16.3 Å². The maximum absolute atomic E-state index is 12.6. The second kappa shape index (κ2) is 7.22. The number of piperidine rings is 1. The van der Waals surface area contributed by atoms with Gasteiger partial charge in [-0.05, 0) is 38.3 Å². The van der Waals surface area contributed by atoms with E-state index in [1.54, 1.807) is 10.4 Å². The second-order valence-electron chi connectivity index (χ2n) is 4.74. The Labute approximate surface area is 129 Å². The molecule has 4 nitrogen and oxygen atoms in total. The van der Waals surface area contributed by atoms with Crippen molar-refractivity contribution < 1.29 is 13.2 Å². The van der Waals surface area contributed by atoms with Crippen LogP contribution in [-0.2, 0) is 21.2 Å². The summed E-state index contributed by atoms with van der Waals surface area (Å²) in [5, 5.41) is 0. The zero-order chi connectivity index (χ0) is 14.6. The van der Waals surface area contributed by atoms with E-state index in [1.807, 2.05) is 13.0 Å². The molecule has 20 heavy (non-hydrogen) atoms. The topological polar surface area (TPSA) is 46.6 Å². The summed E-state index contributed by atoms with van der Waals surface area (Å²) in [6.45, 7) is 3.59. The van der Waals surface area contributed by atoms with Gasteiger partial charge >= 0.3 is 0 Å². The number of aryl methyl sites for hydroxylation is 1. The molecule has 1 atom stereocenters. The van der Waals surface area contributed by atoms with Gasteiger partial charge in [0.05, 0.1) is 6.10 Å². The first-order chi connectivity index (χ1) is 9.57. The summed E-state index contributed by atoms with van der Waals surface area (Å²) in [6, 6.07) is 3.54. The van der Waals surface area contributed by atoms with Gasteiger partial charge in [0, 0.05) is 30.5 Å². The van der Waals surface area contributed by atoms with E-state index in [2.05, 4.69) is 0 Å². The van der Waals surface area contributed by atoms with E-state index in [0.29, 0.717) is 36.2 Å². The van der Waals surface area contributed by atoms with Crippen molar-refractivity contribution >= 4 is 33.0 Å². The zero-order valence-electron chi connectivity index (χ0n) is 11.5. The molecule has 1 aromatic heterocycles. The lowest BCUT2D eigenvalue weighted by Gasteiger charge is -2.31. The number of thiophene rings is 1. The third-order valence-corrected chi connectivity index (χ3v) is 6.98. The molecule has 1 fully saturated rings. The smallest absolute Gasteiger partial charge is 0.252 e. The van der Waals surface area contributed by atoms with Gasteiger partial charge in [0.25, 0.3) is 10.0 Å². The van der Waals surface area contributed by atoms with Gasteiger partial charge in [-0.2, -0.15) is 4.31 Å². The van der Waals surface area contributed by atoms with Crippen LogP contribution in [0.3, 0.4) is 0 Å². The zero-order valence-corrected chi connectivity index (χ0v) is 13.9. The van der Waals surface area contributed by atoms with Crippen molar-refractivity contribution in [2.75, 3.05) is 25.6 Å². The Morgan fingerprint density at radius 1 is 1.50 bits per heavy atom. The molecule has 1 aliphatic rings. The maximum Gasteiger partial charge on any atom is 0.252 e. The van der Waals surface area contributed by atoms with E-state index >= 15 is 0 Å². The van der Waals surface area contributed by atoms with Crippen LogP contribution in [0, 0.1) is 0 Å². The van der Waals surface area contributed by atoms with Crippen LogP contribution < -0.4 is 0 Å². The minimum Gasteiger partial charge on any atom is -0.377 e. The monoisotopic (exact) mass is 337 g/mol. The minimum atomic E-state index is -3.38. The lowest BCUT2D eigenvalue weighted by atomic mass is 10.1. The SMILES string of the molecule is CCOC1CCCN(S(=O)(=O)c2ccc(CCCl)s2)C1. The summed E-state index contributed by atoms with van der Waals surface area (Å²) in [7, 11) is -3.38. The van der Waals surface area contributed by atoms with Crippen molar-refractivity contribution in [3.63, 3.8) is 0 Å². The lowest BCUT2D eigenvalue weighted by molar-refractivity contribution is 0.0265. The van der Waals surface area contributed by atoms with E-state index in [1.165, 1.54) is 11.3 Å². The number of alkyl halides is 1. The van der Waals surface area contributed by atoms with Gasteiger partial charge in [0.2, 0.25) is 0 Å². The highest BCUT2D eigenvalue weighted by molar-refractivity contribution is 7.91. The molecule has 0 spiro atoms. The number of hydrogen-bond donors (Lipinski definition) is 0. The van der Waals surface area contributed by atoms with E-state index in [9.17, 15) is 8.42 Å². The average Bonchev–Trinajstić information content (AvgIpc) is 2.89. The molecule has 114 valence electrons. The standard InChI is InChI=1S/C13H20ClNO3S2/c1-2-18-11-4-3-9-15(10-11)20(16,17)13-6-5-12(19-13)7-8-14/h5-6,11H,2-4,7-10H2,1H3. The van der Waals surface area contributed by atoms with Crippen molar-refractivity contribution in [3.8, 4) is 0 Å². The summed E-state index contributed by atoms with van der Waals surface area (Å²) in [5.41, 5.74) is 0. The molecule has 0 aliphatic carbocycles. The molecule has 0 N–H and O–H groups in total. The third-order valence-electron chi connectivity index (χ3n) is 3.32. The molecule has 0 radical (unpaired) electrons. The van der Waals surface area contributed by atoms with Crippen LogP contribution in [-0.4, -0.2) is 44.4 Å². The molecule has 1 aromatic rings. The number of ether oxygens (including phenoxy) is 1. The normalized spacial score (nSPS) is 21.2. The first-order valence-corrected chi connectivity index (χ1v) is 9.63. The van der Waals surface area contributed by atoms with Gasteiger partial charge in [-0.1, -0.05) is 0 Å². The Hall–Kier alpha value is -0.140. The Bertz CT molecular complexity index is 527. The van der Waals surface area contributed by atoms with Gasteiger partial charge in [-0.3, -0.25) is 0 Å². The Morgan fingerprint density at radius 3 is 3.00 bits per heavy atom. The molecule has 1 unspecified atom stereocenters. The van der Waals surface area contributed by atoms with E-state index in [-0.39, 0.29) is 6.10 Å². The number of rotatable bonds is 6. The number of sulfonamides is 1. The molecule has 0 bridgehead atoms. The van der Waals surface area contributed by atoms with Gasteiger partial charge in [-0.15, -0.1) is 22.9 Å². The predicted molar refractivity (Wildman–Crippen MR) is 82.1 cm³/mol. The van der Waals surface area contributed by atoms with E-state index < -0.39 is 10.0 Å². The molecule has 0 amide bonds. The summed E-state index contributed by atoms with van der Waals surface area (Å²) in [6.07, 6.45) is 2.51. The van der Waals surface area contributed by atoms with Crippen LogP contribution in [0.2, 0.25) is 0 Å². The van der Waals surface area contributed by atoms with Crippen molar-refractivity contribution in [3.05, 3.63) is 17.0 Å². The van der Waals surface area contributed by atoms with Crippen LogP contribution in [0.1, 0.15) is 24.6 Å². The molecular formula is C13H20ClNO3S2. The summed E-state index contributed by atoms with van der Waals surface area (Å²) in [4.78, 5) is 1.01. The molecule has 2 heterocycles. The molecule has 1 aliphatic heterocycles. The van der Waals surface area contributed by atoms with Gasteiger partial charge in [-0.25, -0.2) is 8.42 Å². The molecular weight excluding hydrogens is 318 g/mol. The first kappa shape index (κ1) is 16.2. The molecule has 0 saturated carbocycles. The van der Waals surface area contributed by atoms with Gasteiger partial charge < -0.3 is 4.74 Å². The largest absolute Gasteiger partial charge is 0.377 e. The van der Waals surface area contributed by atoms with Gasteiger partial charge in [0.15, 0.2) is 0 Å². The van der Waals surface area contributed by atoms with Crippen LogP contribution in [0.4, 0.5) is 0 Å². The summed E-state index contributed by atoms with van der Waals surface area (Å²) in [5.74, 6) is 0.510. The third kappa shape index (κ3) is 3.74. The fourth-order valence-corrected chi connectivity index (χ4v) is 5.68. The highest BCUT2D eigenvalue weighted by Crippen LogP contribution is 2.28. The fourth-order valence-electron chi connectivity index (χ4n) is 2.35. The Morgan fingerprint density at radius 2 is 2.30 bits per heavy atom. The Kier molecular flexibility index (Phi) is 5.86. The van der Waals surface area contributed by atoms with E-state index in [0.717, 1.165) is 17.7 Å². The summed E-state index contributed by atoms with van der Waals surface area (Å²) < 4.78 is 32.7. The van der Waals surface area contributed by atoms with Crippen LogP contribution in [0.5, 0.6) is 0 Å². The van der Waals surface area contributed by atoms with Crippen molar-refractivity contribution in [1.29, 1.82) is 0 Å². The minimum absolute atomic E-state index is 0.0193. The first-order valence-electron chi connectivity index (χ1n) is 6.84. The number of halogens is 1. The molecule has 7 heteroatoms. The maximum atomic E-state index is 12.6. The fraction of sp³-hybridized carbons (Fsp3) is 0.692. The predicted octanol–water partition coefficient (Wildman–Crippen LogP) is 2.72. The van der Waals surface area contributed by atoms with Crippen molar-refractivity contribution in [2.45, 2.75) is 36.5 Å². The van der Waals surface area contributed by atoms with Crippen molar-refractivity contribution in [2.24, 2.45) is 0 Å². The van der Waals surface area contributed by atoms with Gasteiger partial charge in [0.1, 0.15) is 4.21 Å². The molecule has 2 rings (SSSR count). The van der Waals surface area contributed by atoms with Crippen LogP contribution >= 0.6 is 22.9 Å². The Balaban J connectivity index is 2.12. The quantitative estimate of drug-likeness (QED) is 0.750. The highest BCUT2D eigenvalue weighted by Gasteiger charge is 2.31. The highest BCUT2D eigenvalue weighted by atomic mass is 35.5. The average molecular weight is 338 g/mol. The molecule has 1 saturated heterocycles. The number of nitrogens with zero attached hydrogens (tertiary/aromatic N) is 1. The van der Waals surface area contributed by atoms with Crippen LogP contribution in [0.25, 0.3) is 0 Å². The second-order valence-corrected chi connectivity index (χ2v) is 8.45. The van der Waals surface area contributed by atoms with Crippen LogP contribution in [0.15, 0.2) is 16.3 Å². The van der Waals surface area contributed by atoms with Crippen molar-refractivity contribution in [1.82, 2.24) is 4.31 Å².